The van der Waals surface area contributed by atoms with E-state index in [0.717, 1.165) is 23.5 Å². The van der Waals surface area contributed by atoms with Crippen LogP contribution in [0.1, 0.15) is 17.9 Å². The van der Waals surface area contributed by atoms with Crippen LogP contribution in [-0.4, -0.2) is 12.4 Å². The summed E-state index contributed by atoms with van der Waals surface area (Å²) in [5, 5.41) is 0. The van der Waals surface area contributed by atoms with E-state index in [1.807, 2.05) is 48.2 Å². The molecule has 0 fully saturated rings. The van der Waals surface area contributed by atoms with E-state index in [1.165, 1.54) is 11.0 Å². The number of hydrogen-bond donors (Lipinski definition) is 0. The fraction of sp³-hybridized carbons (Fsp3) is 0.250. The molecule has 1 unspecified atom stereocenters. The second-order valence-electron chi connectivity index (χ2n) is 4.64. The van der Waals surface area contributed by atoms with E-state index in [4.69, 9.17) is 4.74 Å². The molecule has 19 heavy (non-hydrogen) atoms. The average molecular weight is 274 g/mol. The Kier molecular flexibility index (Phi) is 3.74. The fourth-order valence-corrected chi connectivity index (χ4v) is 3.61. The maximum absolute atomic E-state index is 13.3. The van der Waals surface area contributed by atoms with Gasteiger partial charge in [0.1, 0.15) is 11.6 Å². The summed E-state index contributed by atoms with van der Waals surface area (Å²) in [7, 11) is 0. The first-order valence-electron chi connectivity index (χ1n) is 6.43. The van der Waals surface area contributed by atoms with Crippen LogP contribution in [0.2, 0.25) is 0 Å². The van der Waals surface area contributed by atoms with Crippen molar-refractivity contribution in [2.75, 3.05) is 12.4 Å². The first-order chi connectivity index (χ1) is 9.33. The molecule has 3 rings (SSSR count). The molecule has 0 spiro atoms. The van der Waals surface area contributed by atoms with Crippen molar-refractivity contribution in [3.05, 3.63) is 59.9 Å². The molecule has 2 aromatic rings. The van der Waals surface area contributed by atoms with Crippen molar-refractivity contribution in [3.8, 4) is 5.75 Å². The van der Waals surface area contributed by atoms with Crippen molar-refractivity contribution >= 4 is 11.8 Å². The molecule has 1 aliphatic heterocycles. The number of benzene rings is 2. The Hall–Kier alpha value is -1.48. The number of ether oxygens (including phenoxy) is 1. The zero-order valence-electron chi connectivity index (χ0n) is 10.5. The Labute approximate surface area is 116 Å². The highest BCUT2D eigenvalue weighted by molar-refractivity contribution is 7.99. The van der Waals surface area contributed by atoms with Crippen LogP contribution in [0.4, 0.5) is 4.39 Å². The van der Waals surface area contributed by atoms with Gasteiger partial charge in [-0.3, -0.25) is 0 Å². The first-order valence-corrected chi connectivity index (χ1v) is 7.41. The predicted octanol–water partition coefficient (Wildman–Crippen LogP) is 4.48. The summed E-state index contributed by atoms with van der Waals surface area (Å²) in [5.74, 6) is 2.18. The summed E-state index contributed by atoms with van der Waals surface area (Å²) < 4.78 is 19.0. The molecule has 1 nitrogen and oxygen atoms in total. The Balaban J connectivity index is 1.59. The molecule has 0 aliphatic carbocycles. The second kappa shape index (κ2) is 5.66. The molecule has 2 aromatic carbocycles. The van der Waals surface area contributed by atoms with Gasteiger partial charge in [0.15, 0.2) is 0 Å². The number of halogens is 1. The van der Waals surface area contributed by atoms with Gasteiger partial charge in [-0.15, -0.1) is 11.8 Å². The van der Waals surface area contributed by atoms with Crippen molar-refractivity contribution in [3.63, 3.8) is 0 Å². The van der Waals surface area contributed by atoms with Crippen molar-refractivity contribution in [1.29, 1.82) is 0 Å². The van der Waals surface area contributed by atoms with Crippen molar-refractivity contribution < 1.29 is 9.13 Å². The Morgan fingerprint density at radius 1 is 1.16 bits per heavy atom. The van der Waals surface area contributed by atoms with E-state index in [0.29, 0.717) is 12.5 Å². The van der Waals surface area contributed by atoms with Crippen molar-refractivity contribution in [2.45, 2.75) is 17.2 Å². The third-order valence-electron chi connectivity index (χ3n) is 3.33. The molecule has 0 radical (unpaired) electrons. The van der Waals surface area contributed by atoms with Gasteiger partial charge in [-0.05, 0) is 48.2 Å². The number of fused-ring (bicyclic) bond motifs is 1. The SMILES string of the molecule is Fc1ccc2c(c1)C(CCOc1ccccc1)CS2. The Bertz CT molecular complexity index is 556. The smallest absolute Gasteiger partial charge is 0.123 e. The standard InChI is InChI=1S/C16H15FOS/c17-13-6-7-16-15(10-13)12(11-19-16)8-9-18-14-4-2-1-3-5-14/h1-7,10,12H,8-9,11H2. The quantitative estimate of drug-likeness (QED) is 0.812. The van der Waals surface area contributed by atoms with Gasteiger partial charge in [-0.2, -0.15) is 0 Å². The monoisotopic (exact) mass is 274 g/mol. The van der Waals surface area contributed by atoms with Crippen LogP contribution in [-0.2, 0) is 0 Å². The number of hydrogen-bond acceptors (Lipinski definition) is 2. The zero-order chi connectivity index (χ0) is 13.1. The Morgan fingerprint density at radius 2 is 2.00 bits per heavy atom. The lowest BCUT2D eigenvalue weighted by Crippen LogP contribution is -2.05. The van der Waals surface area contributed by atoms with Gasteiger partial charge in [-0.1, -0.05) is 18.2 Å². The lowest BCUT2D eigenvalue weighted by atomic mass is 9.98. The van der Waals surface area contributed by atoms with E-state index in [1.54, 1.807) is 6.07 Å². The van der Waals surface area contributed by atoms with E-state index < -0.39 is 0 Å². The van der Waals surface area contributed by atoms with E-state index in [9.17, 15) is 4.39 Å². The number of thioether (sulfide) groups is 1. The second-order valence-corrected chi connectivity index (χ2v) is 5.70. The van der Waals surface area contributed by atoms with Gasteiger partial charge in [0.2, 0.25) is 0 Å². The molecule has 3 heteroatoms. The molecule has 1 heterocycles. The van der Waals surface area contributed by atoms with Gasteiger partial charge in [0, 0.05) is 10.6 Å². The van der Waals surface area contributed by atoms with E-state index in [2.05, 4.69) is 0 Å². The van der Waals surface area contributed by atoms with Crippen LogP contribution in [0.3, 0.4) is 0 Å². The molecule has 0 aromatic heterocycles. The van der Waals surface area contributed by atoms with E-state index in [-0.39, 0.29) is 5.82 Å². The summed E-state index contributed by atoms with van der Waals surface area (Å²) in [6.45, 7) is 0.672. The predicted molar refractivity (Wildman–Crippen MR) is 76.4 cm³/mol. The van der Waals surface area contributed by atoms with Crippen LogP contribution in [0.15, 0.2) is 53.4 Å². The minimum atomic E-state index is -0.143. The molecule has 0 N–H and O–H groups in total. The van der Waals surface area contributed by atoms with Crippen LogP contribution < -0.4 is 4.74 Å². The van der Waals surface area contributed by atoms with Crippen molar-refractivity contribution in [1.82, 2.24) is 0 Å². The third-order valence-corrected chi connectivity index (χ3v) is 4.58. The highest BCUT2D eigenvalue weighted by Crippen LogP contribution is 2.41. The first kappa shape index (κ1) is 12.5. The summed E-state index contributed by atoms with van der Waals surface area (Å²) in [6, 6.07) is 14.9. The fourth-order valence-electron chi connectivity index (χ4n) is 2.32. The van der Waals surface area contributed by atoms with Crippen LogP contribution in [0, 0.1) is 5.82 Å². The highest BCUT2D eigenvalue weighted by atomic mass is 32.2. The normalized spacial score (nSPS) is 17.2. The van der Waals surface area contributed by atoms with Crippen LogP contribution in [0.5, 0.6) is 5.75 Å². The minimum absolute atomic E-state index is 0.143. The third kappa shape index (κ3) is 2.92. The van der Waals surface area contributed by atoms with E-state index >= 15 is 0 Å². The highest BCUT2D eigenvalue weighted by Gasteiger charge is 2.23. The molecule has 0 amide bonds. The number of rotatable bonds is 4. The average Bonchev–Trinajstić information content (AvgIpc) is 2.83. The number of para-hydroxylation sites is 1. The van der Waals surface area contributed by atoms with Crippen LogP contribution >= 0.6 is 11.8 Å². The lowest BCUT2D eigenvalue weighted by Gasteiger charge is -2.11. The maximum Gasteiger partial charge on any atom is 0.123 e. The maximum atomic E-state index is 13.3. The molecule has 1 atom stereocenters. The molecule has 1 aliphatic rings. The summed E-state index contributed by atoms with van der Waals surface area (Å²) in [6.07, 6.45) is 0.929. The molecule has 0 bridgehead atoms. The molecule has 98 valence electrons. The summed E-state index contributed by atoms with van der Waals surface area (Å²) >= 11 is 1.81. The van der Waals surface area contributed by atoms with Crippen LogP contribution in [0.25, 0.3) is 0 Å². The molecular weight excluding hydrogens is 259 g/mol. The summed E-state index contributed by atoms with van der Waals surface area (Å²) in [4.78, 5) is 1.21. The molecule has 0 saturated heterocycles. The largest absolute Gasteiger partial charge is 0.494 e. The molecule has 0 saturated carbocycles. The van der Waals surface area contributed by atoms with Gasteiger partial charge in [0.25, 0.3) is 0 Å². The molecular formula is C16H15FOS. The van der Waals surface area contributed by atoms with Gasteiger partial charge in [-0.25, -0.2) is 4.39 Å². The summed E-state index contributed by atoms with van der Waals surface area (Å²) in [5.41, 5.74) is 1.14. The lowest BCUT2D eigenvalue weighted by molar-refractivity contribution is 0.301. The topological polar surface area (TPSA) is 9.23 Å². The Morgan fingerprint density at radius 3 is 2.84 bits per heavy atom. The van der Waals surface area contributed by atoms with Gasteiger partial charge >= 0.3 is 0 Å². The zero-order valence-corrected chi connectivity index (χ0v) is 11.3. The van der Waals surface area contributed by atoms with Gasteiger partial charge < -0.3 is 4.74 Å². The minimum Gasteiger partial charge on any atom is -0.494 e. The van der Waals surface area contributed by atoms with Gasteiger partial charge in [0.05, 0.1) is 6.61 Å². The van der Waals surface area contributed by atoms with Crippen molar-refractivity contribution in [2.24, 2.45) is 0 Å².